The average molecular weight is 155 g/mol. The third-order valence-electron chi connectivity index (χ3n) is 1.16. The Morgan fingerprint density at radius 1 is 1.45 bits per heavy atom. The van der Waals surface area contributed by atoms with Gasteiger partial charge in [0.1, 0.15) is 6.10 Å². The Morgan fingerprint density at radius 2 is 2.00 bits per heavy atom. The normalized spacial score (nSPS) is 12.9. The van der Waals surface area contributed by atoms with Crippen molar-refractivity contribution >= 4 is 5.69 Å². The number of aliphatic hydroxyl groups excluding tert-OH is 2. The second-order valence-corrected chi connectivity index (χ2v) is 2.07. The summed E-state index contributed by atoms with van der Waals surface area (Å²) in [5, 5.41) is 17.5. The molecule has 0 amide bonds. The predicted molar refractivity (Wildman–Crippen MR) is 38.5 cm³/mol. The van der Waals surface area contributed by atoms with Crippen LogP contribution in [0.15, 0.2) is 12.4 Å². The van der Waals surface area contributed by atoms with E-state index in [9.17, 15) is 0 Å². The van der Waals surface area contributed by atoms with Gasteiger partial charge < -0.3 is 15.9 Å². The molecule has 60 valence electrons. The van der Waals surface area contributed by atoms with Gasteiger partial charge in [-0.25, -0.2) is 9.97 Å². The highest BCUT2D eigenvalue weighted by atomic mass is 16.3. The zero-order valence-corrected chi connectivity index (χ0v) is 5.81. The van der Waals surface area contributed by atoms with Crippen LogP contribution in [-0.4, -0.2) is 26.8 Å². The van der Waals surface area contributed by atoms with E-state index >= 15 is 0 Å². The fourth-order valence-corrected chi connectivity index (χ4v) is 0.602. The van der Waals surface area contributed by atoms with E-state index in [0.29, 0.717) is 5.69 Å². The number of aromatic nitrogens is 2. The molecule has 5 nitrogen and oxygen atoms in total. The summed E-state index contributed by atoms with van der Waals surface area (Å²) in [5.41, 5.74) is 5.73. The molecule has 4 N–H and O–H groups in total. The highest BCUT2D eigenvalue weighted by Gasteiger charge is 2.07. The van der Waals surface area contributed by atoms with Gasteiger partial charge in [-0.3, -0.25) is 0 Å². The minimum absolute atomic E-state index is 0.182. The third-order valence-corrected chi connectivity index (χ3v) is 1.16. The van der Waals surface area contributed by atoms with Crippen molar-refractivity contribution in [1.29, 1.82) is 0 Å². The Kier molecular flexibility index (Phi) is 2.35. The molecule has 1 aromatic rings. The molecule has 0 fully saturated rings. The van der Waals surface area contributed by atoms with Crippen molar-refractivity contribution in [1.82, 2.24) is 9.97 Å². The van der Waals surface area contributed by atoms with Crippen LogP contribution in [0, 0.1) is 0 Å². The van der Waals surface area contributed by atoms with Gasteiger partial charge in [0.15, 0.2) is 5.82 Å². The molecule has 1 unspecified atom stereocenters. The lowest BCUT2D eigenvalue weighted by Gasteiger charge is -2.03. The maximum atomic E-state index is 9.00. The average Bonchev–Trinajstić information content (AvgIpc) is 2.05. The first kappa shape index (κ1) is 7.90. The van der Waals surface area contributed by atoms with Crippen molar-refractivity contribution in [3.05, 3.63) is 18.2 Å². The number of rotatable bonds is 2. The molecule has 11 heavy (non-hydrogen) atoms. The molecule has 0 aromatic carbocycles. The summed E-state index contributed by atoms with van der Waals surface area (Å²) in [4.78, 5) is 7.41. The van der Waals surface area contributed by atoms with Crippen LogP contribution in [0.5, 0.6) is 0 Å². The summed E-state index contributed by atoms with van der Waals surface area (Å²) in [6.45, 7) is -0.385. The van der Waals surface area contributed by atoms with Crippen LogP contribution < -0.4 is 5.73 Å². The second-order valence-electron chi connectivity index (χ2n) is 2.07. The van der Waals surface area contributed by atoms with Crippen LogP contribution in [0.1, 0.15) is 11.9 Å². The largest absolute Gasteiger partial charge is 0.396 e. The fourth-order valence-electron chi connectivity index (χ4n) is 0.602. The van der Waals surface area contributed by atoms with Crippen molar-refractivity contribution < 1.29 is 10.2 Å². The summed E-state index contributed by atoms with van der Waals surface area (Å²) in [6, 6.07) is 0. The van der Waals surface area contributed by atoms with Crippen molar-refractivity contribution in [2.45, 2.75) is 6.10 Å². The van der Waals surface area contributed by atoms with Gasteiger partial charge in [0.05, 0.1) is 24.7 Å². The molecule has 0 spiro atoms. The van der Waals surface area contributed by atoms with Gasteiger partial charge in [0.2, 0.25) is 0 Å². The van der Waals surface area contributed by atoms with E-state index in [4.69, 9.17) is 15.9 Å². The monoisotopic (exact) mass is 155 g/mol. The smallest absolute Gasteiger partial charge is 0.159 e. The minimum Gasteiger partial charge on any atom is -0.396 e. The van der Waals surface area contributed by atoms with E-state index in [2.05, 4.69) is 9.97 Å². The molecule has 0 aliphatic rings. The highest BCUT2D eigenvalue weighted by Crippen LogP contribution is 2.05. The van der Waals surface area contributed by atoms with Gasteiger partial charge in [0, 0.05) is 0 Å². The van der Waals surface area contributed by atoms with Crippen molar-refractivity contribution in [3.8, 4) is 0 Å². The summed E-state index contributed by atoms with van der Waals surface area (Å²) >= 11 is 0. The van der Waals surface area contributed by atoms with E-state index in [1.54, 1.807) is 0 Å². The number of nitrogen functional groups attached to an aromatic ring is 1. The first-order valence-corrected chi connectivity index (χ1v) is 3.10. The van der Waals surface area contributed by atoms with Crippen molar-refractivity contribution in [2.75, 3.05) is 12.3 Å². The fraction of sp³-hybridized carbons (Fsp3) is 0.333. The summed E-state index contributed by atoms with van der Waals surface area (Å²) in [5.74, 6) is 0.182. The molecule has 0 saturated heterocycles. The van der Waals surface area contributed by atoms with E-state index in [0.717, 1.165) is 0 Å². The molecular formula is C6H9N3O2. The molecular weight excluding hydrogens is 146 g/mol. The summed E-state index contributed by atoms with van der Waals surface area (Å²) < 4.78 is 0. The molecule has 0 radical (unpaired) electrons. The Hall–Kier alpha value is -1.20. The molecule has 1 rings (SSSR count). The SMILES string of the molecule is Nc1cnc(C(O)CO)nc1. The topological polar surface area (TPSA) is 92.3 Å². The lowest BCUT2D eigenvalue weighted by atomic mass is 10.3. The first-order chi connectivity index (χ1) is 5.24. The number of nitrogens with two attached hydrogens (primary N) is 1. The zero-order chi connectivity index (χ0) is 8.27. The zero-order valence-electron chi connectivity index (χ0n) is 5.81. The number of aliphatic hydroxyl groups is 2. The lowest BCUT2D eigenvalue weighted by molar-refractivity contribution is 0.0886. The number of nitrogens with zero attached hydrogens (tertiary/aromatic N) is 2. The molecule has 5 heteroatoms. The maximum Gasteiger partial charge on any atom is 0.159 e. The van der Waals surface area contributed by atoms with Crippen LogP contribution in [0.3, 0.4) is 0 Å². The lowest BCUT2D eigenvalue weighted by Crippen LogP contribution is -2.07. The van der Waals surface area contributed by atoms with E-state index in [-0.39, 0.29) is 12.4 Å². The van der Waals surface area contributed by atoms with Crippen LogP contribution in [0.25, 0.3) is 0 Å². The van der Waals surface area contributed by atoms with E-state index in [1.807, 2.05) is 0 Å². The summed E-state index contributed by atoms with van der Waals surface area (Å²) in [7, 11) is 0. The maximum absolute atomic E-state index is 9.00. The van der Waals surface area contributed by atoms with Crippen LogP contribution in [0.4, 0.5) is 5.69 Å². The van der Waals surface area contributed by atoms with Crippen LogP contribution in [-0.2, 0) is 0 Å². The van der Waals surface area contributed by atoms with E-state index in [1.165, 1.54) is 12.4 Å². The van der Waals surface area contributed by atoms with Crippen LogP contribution in [0.2, 0.25) is 0 Å². The Labute approximate surface area is 63.5 Å². The van der Waals surface area contributed by atoms with Gasteiger partial charge in [0.25, 0.3) is 0 Å². The van der Waals surface area contributed by atoms with Crippen LogP contribution >= 0.6 is 0 Å². The minimum atomic E-state index is -1.02. The Balaban J connectivity index is 2.81. The van der Waals surface area contributed by atoms with Gasteiger partial charge >= 0.3 is 0 Å². The molecule has 0 aliphatic heterocycles. The van der Waals surface area contributed by atoms with Gasteiger partial charge in [-0.05, 0) is 0 Å². The third kappa shape index (κ3) is 1.86. The van der Waals surface area contributed by atoms with E-state index < -0.39 is 6.10 Å². The van der Waals surface area contributed by atoms with Crippen molar-refractivity contribution in [2.24, 2.45) is 0 Å². The van der Waals surface area contributed by atoms with Crippen molar-refractivity contribution in [3.63, 3.8) is 0 Å². The van der Waals surface area contributed by atoms with Gasteiger partial charge in [-0.15, -0.1) is 0 Å². The first-order valence-electron chi connectivity index (χ1n) is 3.10. The predicted octanol–water partition coefficient (Wildman–Crippen LogP) is -0.916. The molecule has 1 atom stereocenters. The van der Waals surface area contributed by atoms with Gasteiger partial charge in [-0.1, -0.05) is 0 Å². The van der Waals surface area contributed by atoms with Gasteiger partial charge in [-0.2, -0.15) is 0 Å². The second kappa shape index (κ2) is 3.27. The number of hydrogen-bond acceptors (Lipinski definition) is 5. The molecule has 1 heterocycles. The highest BCUT2D eigenvalue weighted by molar-refractivity contribution is 5.30. The molecule has 0 bridgehead atoms. The molecule has 0 aliphatic carbocycles. The Bertz CT molecular complexity index is 224. The Morgan fingerprint density at radius 3 is 2.45 bits per heavy atom. The number of anilines is 1. The number of hydrogen-bond donors (Lipinski definition) is 3. The summed E-state index contributed by atoms with van der Waals surface area (Å²) in [6.07, 6.45) is 1.73. The standard InChI is InChI=1S/C6H9N3O2/c7-4-1-8-6(9-2-4)5(11)3-10/h1-2,5,10-11H,3,7H2. The molecule has 0 saturated carbocycles. The molecule has 1 aromatic heterocycles. The quantitative estimate of drug-likeness (QED) is 0.514.